The van der Waals surface area contributed by atoms with Gasteiger partial charge in [-0.25, -0.2) is 9.18 Å². The lowest BCUT2D eigenvalue weighted by Crippen LogP contribution is -2.62. The standard InChI is InChI=1S/C22H24FN3O/c23-18-7-5-17(6-8-18)21-20-4-2-1-3-16(20)9-10-26(21)22(27)24-19-11-15-12-25(13-15)14-19/h1-8,15,19,21H,9-14H2,(H,24,27)/t19-,21-/m0/s1. The number of hydrogen-bond acceptors (Lipinski definition) is 2. The number of rotatable bonds is 2. The van der Waals surface area contributed by atoms with E-state index in [0.29, 0.717) is 6.54 Å². The summed E-state index contributed by atoms with van der Waals surface area (Å²) in [5.41, 5.74) is 3.36. The van der Waals surface area contributed by atoms with Crippen molar-refractivity contribution in [2.24, 2.45) is 5.92 Å². The van der Waals surface area contributed by atoms with Gasteiger partial charge in [-0.2, -0.15) is 0 Å². The van der Waals surface area contributed by atoms with E-state index in [1.54, 1.807) is 12.1 Å². The third-order valence-electron chi connectivity index (χ3n) is 6.19. The predicted molar refractivity (Wildman–Crippen MR) is 102 cm³/mol. The predicted octanol–water partition coefficient (Wildman–Crippen LogP) is 3.19. The van der Waals surface area contributed by atoms with Gasteiger partial charge in [0.2, 0.25) is 0 Å². The number of fused-ring (bicyclic) bond motifs is 3. The fraction of sp³-hybridized carbons (Fsp3) is 0.409. The third kappa shape index (κ3) is 3.10. The lowest BCUT2D eigenvalue weighted by molar-refractivity contribution is 0.0263. The summed E-state index contributed by atoms with van der Waals surface area (Å²) in [6.07, 6.45) is 1.93. The quantitative estimate of drug-likeness (QED) is 0.887. The van der Waals surface area contributed by atoms with E-state index >= 15 is 0 Å². The molecule has 0 aliphatic carbocycles. The van der Waals surface area contributed by atoms with E-state index in [1.807, 2.05) is 17.0 Å². The molecule has 2 atom stereocenters. The van der Waals surface area contributed by atoms with Crippen LogP contribution >= 0.6 is 0 Å². The maximum Gasteiger partial charge on any atom is 0.318 e. The molecule has 6 rings (SSSR count). The van der Waals surface area contributed by atoms with Gasteiger partial charge in [0.05, 0.1) is 6.04 Å². The number of nitrogens with zero attached hydrogens (tertiary/aromatic N) is 2. The smallest absolute Gasteiger partial charge is 0.318 e. The first kappa shape index (κ1) is 16.8. The van der Waals surface area contributed by atoms with Crippen molar-refractivity contribution in [1.82, 2.24) is 15.1 Å². The van der Waals surface area contributed by atoms with Crippen LogP contribution in [0, 0.1) is 11.7 Å². The lowest BCUT2D eigenvalue weighted by Gasteiger charge is -2.49. The van der Waals surface area contributed by atoms with Crippen LogP contribution in [0.25, 0.3) is 0 Å². The number of carbonyl (C=O) groups excluding carboxylic acids is 1. The zero-order valence-electron chi connectivity index (χ0n) is 15.3. The molecule has 27 heavy (non-hydrogen) atoms. The number of amides is 2. The van der Waals surface area contributed by atoms with Crippen molar-refractivity contribution in [3.8, 4) is 0 Å². The van der Waals surface area contributed by atoms with Crippen LogP contribution in [-0.2, 0) is 6.42 Å². The number of piperidine rings is 2. The average molecular weight is 365 g/mol. The second-order valence-electron chi connectivity index (χ2n) is 8.06. The second-order valence-corrected chi connectivity index (χ2v) is 8.06. The Bertz CT molecular complexity index is 837. The molecule has 0 saturated carbocycles. The van der Waals surface area contributed by atoms with Gasteiger partial charge < -0.3 is 15.1 Å². The third-order valence-corrected chi connectivity index (χ3v) is 6.19. The zero-order chi connectivity index (χ0) is 18.4. The molecule has 4 nitrogen and oxygen atoms in total. The highest BCUT2D eigenvalue weighted by Crippen LogP contribution is 2.35. The monoisotopic (exact) mass is 365 g/mol. The van der Waals surface area contributed by atoms with Crippen LogP contribution < -0.4 is 5.32 Å². The summed E-state index contributed by atoms with van der Waals surface area (Å²) in [7, 11) is 0. The Labute approximate surface area is 159 Å². The van der Waals surface area contributed by atoms with Gasteiger partial charge in [-0.1, -0.05) is 36.4 Å². The van der Waals surface area contributed by atoms with E-state index in [-0.39, 0.29) is 23.9 Å². The Balaban J connectivity index is 1.43. The van der Waals surface area contributed by atoms with Gasteiger partial charge >= 0.3 is 6.03 Å². The molecule has 3 saturated heterocycles. The van der Waals surface area contributed by atoms with Crippen molar-refractivity contribution >= 4 is 6.03 Å². The number of hydrogen-bond donors (Lipinski definition) is 1. The molecule has 2 bridgehead atoms. The summed E-state index contributed by atoms with van der Waals surface area (Å²) < 4.78 is 13.5. The van der Waals surface area contributed by atoms with Crippen molar-refractivity contribution in [1.29, 1.82) is 0 Å². The Kier molecular flexibility index (Phi) is 4.12. The molecule has 3 fully saturated rings. The lowest BCUT2D eigenvalue weighted by atomic mass is 9.86. The summed E-state index contributed by atoms with van der Waals surface area (Å²) in [6.45, 7) is 3.99. The molecule has 2 aromatic carbocycles. The topological polar surface area (TPSA) is 35.6 Å². The minimum atomic E-state index is -0.255. The van der Waals surface area contributed by atoms with Crippen LogP contribution in [0.3, 0.4) is 0 Å². The molecule has 0 unspecified atom stereocenters. The molecule has 0 spiro atoms. The summed E-state index contributed by atoms with van der Waals surface area (Å²) in [6, 6.07) is 14.9. The van der Waals surface area contributed by atoms with Crippen LogP contribution in [0.2, 0.25) is 0 Å². The summed E-state index contributed by atoms with van der Waals surface area (Å²) in [5.74, 6) is 0.480. The molecule has 5 heteroatoms. The number of carbonyl (C=O) groups is 1. The maximum atomic E-state index is 13.5. The first-order valence-electron chi connectivity index (χ1n) is 9.80. The molecule has 140 valence electrons. The molecule has 1 N–H and O–H groups in total. The van der Waals surface area contributed by atoms with E-state index in [9.17, 15) is 9.18 Å². The SMILES string of the molecule is O=C(N[C@H]1CC2CN(C2)C1)N1CCc2ccccc2[C@@H]1c1ccc(F)cc1. The van der Waals surface area contributed by atoms with Crippen LogP contribution in [0.5, 0.6) is 0 Å². The molecule has 2 amide bonds. The Hall–Kier alpha value is -2.40. The fourth-order valence-electron chi connectivity index (χ4n) is 4.92. The van der Waals surface area contributed by atoms with Gasteiger partial charge in [0.15, 0.2) is 0 Å². The Morgan fingerprint density at radius 1 is 1.04 bits per heavy atom. The highest BCUT2D eigenvalue weighted by atomic mass is 19.1. The minimum Gasteiger partial charge on any atom is -0.334 e. The summed E-state index contributed by atoms with van der Waals surface area (Å²) in [4.78, 5) is 17.5. The van der Waals surface area contributed by atoms with Crippen molar-refractivity contribution in [3.05, 3.63) is 71.0 Å². The van der Waals surface area contributed by atoms with Crippen molar-refractivity contribution < 1.29 is 9.18 Å². The van der Waals surface area contributed by atoms with Crippen LogP contribution in [0.1, 0.15) is 29.2 Å². The van der Waals surface area contributed by atoms with E-state index in [0.717, 1.165) is 36.4 Å². The van der Waals surface area contributed by atoms with Gasteiger partial charge in [-0.15, -0.1) is 0 Å². The largest absolute Gasteiger partial charge is 0.334 e. The van der Waals surface area contributed by atoms with Gasteiger partial charge in [0.25, 0.3) is 0 Å². The van der Waals surface area contributed by atoms with Crippen molar-refractivity contribution in [3.63, 3.8) is 0 Å². The fourth-order valence-corrected chi connectivity index (χ4v) is 4.92. The summed E-state index contributed by atoms with van der Waals surface area (Å²) in [5, 5.41) is 3.26. The van der Waals surface area contributed by atoms with Gasteiger partial charge in [0, 0.05) is 32.2 Å². The number of urea groups is 1. The summed E-state index contributed by atoms with van der Waals surface area (Å²) >= 11 is 0. The normalized spacial score (nSPS) is 28.9. The zero-order valence-corrected chi connectivity index (χ0v) is 15.3. The number of halogens is 1. The van der Waals surface area contributed by atoms with E-state index < -0.39 is 0 Å². The molecule has 4 heterocycles. The van der Waals surface area contributed by atoms with E-state index in [2.05, 4.69) is 22.3 Å². The second kappa shape index (κ2) is 6.64. The van der Waals surface area contributed by atoms with Crippen LogP contribution in [-0.4, -0.2) is 48.1 Å². The molecule has 4 aliphatic heterocycles. The first-order chi connectivity index (χ1) is 13.2. The Morgan fingerprint density at radius 2 is 1.81 bits per heavy atom. The molecular weight excluding hydrogens is 341 g/mol. The van der Waals surface area contributed by atoms with Gasteiger partial charge in [-0.3, -0.25) is 0 Å². The average Bonchev–Trinajstić information content (AvgIpc) is 2.67. The van der Waals surface area contributed by atoms with Crippen molar-refractivity contribution in [2.45, 2.75) is 24.9 Å². The first-order valence-corrected chi connectivity index (χ1v) is 9.80. The molecule has 0 radical (unpaired) electrons. The maximum absolute atomic E-state index is 13.5. The van der Waals surface area contributed by atoms with E-state index in [1.165, 1.54) is 30.8 Å². The molecule has 4 aliphatic rings. The van der Waals surface area contributed by atoms with Crippen molar-refractivity contribution in [2.75, 3.05) is 26.2 Å². The van der Waals surface area contributed by atoms with Crippen LogP contribution in [0.15, 0.2) is 48.5 Å². The van der Waals surface area contributed by atoms with Crippen LogP contribution in [0.4, 0.5) is 9.18 Å². The highest BCUT2D eigenvalue weighted by molar-refractivity contribution is 5.76. The Morgan fingerprint density at radius 3 is 2.56 bits per heavy atom. The minimum absolute atomic E-state index is 0.00803. The molecule has 2 aromatic rings. The van der Waals surface area contributed by atoms with Gasteiger partial charge in [-0.05, 0) is 47.6 Å². The molecular formula is C22H24FN3O. The number of benzene rings is 2. The van der Waals surface area contributed by atoms with E-state index in [4.69, 9.17) is 0 Å². The van der Waals surface area contributed by atoms with Gasteiger partial charge in [0.1, 0.15) is 5.82 Å². The molecule has 0 aromatic heterocycles. The number of nitrogens with one attached hydrogen (secondary N) is 1. The highest BCUT2D eigenvalue weighted by Gasteiger charge is 2.38.